The third kappa shape index (κ3) is 4.96. The van der Waals surface area contributed by atoms with Crippen molar-refractivity contribution in [2.45, 2.75) is 19.9 Å². The largest absolute Gasteiger partial charge is 0.494 e. The Morgan fingerprint density at radius 1 is 0.939 bits per heavy atom. The van der Waals surface area contributed by atoms with Gasteiger partial charge in [-0.05, 0) is 61.4 Å². The van der Waals surface area contributed by atoms with Crippen LogP contribution in [0.1, 0.15) is 12.5 Å². The number of aromatic nitrogens is 1. The van der Waals surface area contributed by atoms with Gasteiger partial charge in [-0.25, -0.2) is 4.99 Å². The molecule has 0 saturated carbocycles. The van der Waals surface area contributed by atoms with Gasteiger partial charge in [-0.3, -0.25) is 0 Å². The molecule has 0 N–H and O–H groups in total. The van der Waals surface area contributed by atoms with E-state index >= 15 is 0 Å². The molecular formula is C27H26N2O3S. The fraction of sp³-hybridized carbons (Fsp3) is 0.222. The number of thiazole rings is 1. The molecule has 5 nitrogen and oxygen atoms in total. The van der Waals surface area contributed by atoms with Gasteiger partial charge in [0.2, 0.25) is 0 Å². The van der Waals surface area contributed by atoms with E-state index in [4.69, 9.17) is 19.2 Å². The summed E-state index contributed by atoms with van der Waals surface area (Å²) in [6.45, 7) is 4.63. The van der Waals surface area contributed by atoms with E-state index in [9.17, 15) is 0 Å². The number of rotatable bonds is 7. The van der Waals surface area contributed by atoms with E-state index in [0.717, 1.165) is 52.0 Å². The summed E-state index contributed by atoms with van der Waals surface area (Å²) in [6.07, 6.45) is 0.922. The van der Waals surface area contributed by atoms with Crippen molar-refractivity contribution in [3.05, 3.63) is 88.5 Å². The standard InChI is InChI=1S/C27H26N2O3S/c1-2-30-23-11-9-22(10-12-23)28-27-29(15-14-20-6-4-3-5-7-20)24(19-33-27)21-8-13-25-26(18-21)32-17-16-31-25/h3-13,18-19H,2,14-17H2,1H3. The van der Waals surface area contributed by atoms with Gasteiger partial charge in [-0.2, -0.15) is 0 Å². The van der Waals surface area contributed by atoms with Crippen molar-refractivity contribution in [2.24, 2.45) is 4.99 Å². The van der Waals surface area contributed by atoms with Crippen LogP contribution in [0.4, 0.5) is 5.69 Å². The van der Waals surface area contributed by atoms with Crippen molar-refractivity contribution < 1.29 is 14.2 Å². The summed E-state index contributed by atoms with van der Waals surface area (Å²) in [6, 6.07) is 24.6. The number of hydrogen-bond acceptors (Lipinski definition) is 5. The minimum Gasteiger partial charge on any atom is -0.494 e. The summed E-state index contributed by atoms with van der Waals surface area (Å²) in [5, 5.41) is 2.17. The van der Waals surface area contributed by atoms with Crippen molar-refractivity contribution in [3.63, 3.8) is 0 Å². The maximum atomic E-state index is 5.82. The van der Waals surface area contributed by atoms with Crippen LogP contribution in [-0.4, -0.2) is 24.4 Å². The van der Waals surface area contributed by atoms with E-state index in [-0.39, 0.29) is 0 Å². The van der Waals surface area contributed by atoms with Gasteiger partial charge in [-0.15, -0.1) is 11.3 Å². The van der Waals surface area contributed by atoms with Gasteiger partial charge in [0.25, 0.3) is 0 Å². The summed E-state index contributed by atoms with van der Waals surface area (Å²) in [4.78, 5) is 5.92. The van der Waals surface area contributed by atoms with Crippen LogP contribution in [-0.2, 0) is 13.0 Å². The molecule has 0 fully saturated rings. The fourth-order valence-corrected chi connectivity index (χ4v) is 4.80. The number of ether oxygens (including phenoxy) is 3. The van der Waals surface area contributed by atoms with Gasteiger partial charge < -0.3 is 18.8 Å². The van der Waals surface area contributed by atoms with Gasteiger partial charge in [-0.1, -0.05) is 30.3 Å². The topological polar surface area (TPSA) is 45.0 Å². The SMILES string of the molecule is CCOc1ccc(N=c2scc(-c3ccc4c(c3)OCCO4)n2CCc2ccccc2)cc1. The molecule has 0 spiro atoms. The lowest BCUT2D eigenvalue weighted by molar-refractivity contribution is 0.171. The molecule has 4 aromatic rings. The van der Waals surface area contributed by atoms with E-state index in [1.807, 2.05) is 37.3 Å². The number of benzene rings is 3. The molecule has 1 aliphatic heterocycles. The Kier molecular flexibility index (Phi) is 6.44. The second-order valence-electron chi connectivity index (χ2n) is 7.69. The molecular weight excluding hydrogens is 432 g/mol. The van der Waals surface area contributed by atoms with Crippen molar-refractivity contribution in [3.8, 4) is 28.5 Å². The lowest BCUT2D eigenvalue weighted by atomic mass is 10.1. The highest BCUT2D eigenvalue weighted by molar-refractivity contribution is 7.07. The van der Waals surface area contributed by atoms with Gasteiger partial charge in [0.05, 0.1) is 18.0 Å². The quantitative estimate of drug-likeness (QED) is 0.348. The second kappa shape index (κ2) is 9.96. The Morgan fingerprint density at radius 2 is 1.73 bits per heavy atom. The molecule has 0 atom stereocenters. The predicted octanol–water partition coefficient (Wildman–Crippen LogP) is 5.86. The second-order valence-corrected chi connectivity index (χ2v) is 8.52. The van der Waals surface area contributed by atoms with Crippen LogP contribution in [0.2, 0.25) is 0 Å². The number of fused-ring (bicyclic) bond motifs is 1. The molecule has 0 unspecified atom stereocenters. The Morgan fingerprint density at radius 3 is 2.52 bits per heavy atom. The molecule has 0 bridgehead atoms. The summed E-state index contributed by atoms with van der Waals surface area (Å²) in [5.41, 5.74) is 4.42. The highest BCUT2D eigenvalue weighted by atomic mass is 32.1. The highest BCUT2D eigenvalue weighted by Crippen LogP contribution is 2.34. The molecule has 3 aromatic carbocycles. The van der Waals surface area contributed by atoms with Gasteiger partial charge in [0.15, 0.2) is 16.3 Å². The average Bonchev–Trinajstić information content (AvgIpc) is 3.26. The first-order valence-electron chi connectivity index (χ1n) is 11.2. The molecule has 2 heterocycles. The van der Waals surface area contributed by atoms with Crippen LogP contribution in [0.3, 0.4) is 0 Å². The van der Waals surface area contributed by atoms with E-state index in [1.54, 1.807) is 11.3 Å². The van der Waals surface area contributed by atoms with Crippen molar-refractivity contribution in [1.29, 1.82) is 0 Å². The van der Waals surface area contributed by atoms with Crippen LogP contribution in [0.5, 0.6) is 17.2 Å². The van der Waals surface area contributed by atoms with Crippen molar-refractivity contribution >= 4 is 17.0 Å². The first-order valence-corrected chi connectivity index (χ1v) is 12.1. The molecule has 1 aromatic heterocycles. The van der Waals surface area contributed by atoms with Crippen LogP contribution in [0, 0.1) is 0 Å². The van der Waals surface area contributed by atoms with Crippen LogP contribution < -0.4 is 19.0 Å². The lowest BCUT2D eigenvalue weighted by Crippen LogP contribution is -2.18. The monoisotopic (exact) mass is 458 g/mol. The summed E-state index contributed by atoms with van der Waals surface area (Å²) in [5.74, 6) is 2.46. The Bertz CT molecular complexity index is 1280. The van der Waals surface area contributed by atoms with Crippen molar-refractivity contribution in [2.75, 3.05) is 19.8 Å². The summed E-state index contributed by atoms with van der Waals surface area (Å²) in [7, 11) is 0. The molecule has 1 aliphatic rings. The zero-order valence-electron chi connectivity index (χ0n) is 18.6. The van der Waals surface area contributed by atoms with Crippen LogP contribution in [0.15, 0.2) is 83.2 Å². The molecule has 0 radical (unpaired) electrons. The smallest absolute Gasteiger partial charge is 0.190 e. The normalized spacial score (nSPS) is 13.2. The fourth-order valence-electron chi connectivity index (χ4n) is 3.85. The van der Waals surface area contributed by atoms with Gasteiger partial charge >= 0.3 is 0 Å². The highest BCUT2D eigenvalue weighted by Gasteiger charge is 2.15. The van der Waals surface area contributed by atoms with Crippen LogP contribution in [0.25, 0.3) is 11.3 Å². The average molecular weight is 459 g/mol. The van der Waals surface area contributed by atoms with E-state index < -0.39 is 0 Å². The number of nitrogens with zero attached hydrogens (tertiary/aromatic N) is 2. The molecule has 0 amide bonds. The predicted molar refractivity (Wildman–Crippen MR) is 132 cm³/mol. The van der Waals surface area contributed by atoms with E-state index in [2.05, 4.69) is 52.4 Å². The molecule has 0 aliphatic carbocycles. The van der Waals surface area contributed by atoms with E-state index in [1.165, 1.54) is 5.56 Å². The maximum absolute atomic E-state index is 5.82. The lowest BCUT2D eigenvalue weighted by Gasteiger charge is -2.19. The van der Waals surface area contributed by atoms with Gasteiger partial charge in [0, 0.05) is 17.5 Å². The number of hydrogen-bond donors (Lipinski definition) is 0. The summed E-state index contributed by atoms with van der Waals surface area (Å²) < 4.78 is 19.4. The van der Waals surface area contributed by atoms with E-state index in [0.29, 0.717) is 19.8 Å². The Labute approximate surface area is 197 Å². The third-order valence-corrected chi connectivity index (χ3v) is 6.34. The van der Waals surface area contributed by atoms with Crippen molar-refractivity contribution in [1.82, 2.24) is 4.57 Å². The van der Waals surface area contributed by atoms with Crippen LogP contribution >= 0.6 is 11.3 Å². The Balaban J connectivity index is 1.52. The molecule has 6 heteroatoms. The third-order valence-electron chi connectivity index (χ3n) is 5.47. The first-order chi connectivity index (χ1) is 16.3. The molecule has 168 valence electrons. The zero-order chi connectivity index (χ0) is 22.5. The Hall–Kier alpha value is -3.51. The first kappa shape index (κ1) is 21.3. The maximum Gasteiger partial charge on any atom is 0.190 e. The molecule has 0 saturated heterocycles. The summed E-state index contributed by atoms with van der Waals surface area (Å²) >= 11 is 1.65. The molecule has 5 rings (SSSR count). The minimum absolute atomic E-state index is 0.576. The minimum atomic E-state index is 0.576. The molecule has 33 heavy (non-hydrogen) atoms. The van der Waals surface area contributed by atoms with Gasteiger partial charge in [0.1, 0.15) is 19.0 Å². The number of aryl methyl sites for hydroxylation is 1. The zero-order valence-corrected chi connectivity index (χ0v) is 19.4.